The topological polar surface area (TPSA) is 48.1 Å². The van der Waals surface area contributed by atoms with Gasteiger partial charge in [0.25, 0.3) is 6.08 Å². The summed E-state index contributed by atoms with van der Waals surface area (Å²) in [5.74, 6) is 1.95. The lowest BCUT2D eigenvalue weighted by atomic mass is 10.0. The normalized spacial score (nSPS) is 8.85. The van der Waals surface area contributed by atoms with Crippen LogP contribution < -0.4 is 10.5 Å². The smallest absolute Gasteiger partial charge is 0.266 e. The fourth-order valence-electron chi connectivity index (χ4n) is 1.21. The second-order valence-corrected chi connectivity index (χ2v) is 4.10. The number of pyridine rings is 1. The maximum Gasteiger partial charge on any atom is 0.266 e. The van der Waals surface area contributed by atoms with Crippen molar-refractivity contribution >= 4 is 5.82 Å². The number of nitrogens with two attached hydrogens (primary N) is 1. The molecule has 0 atom stereocenters. The van der Waals surface area contributed by atoms with Crippen LogP contribution in [0.1, 0.15) is 40.2 Å². The summed E-state index contributed by atoms with van der Waals surface area (Å²) in [5, 5.41) is 0. The van der Waals surface area contributed by atoms with Crippen LogP contribution in [0.15, 0.2) is 24.4 Å². The van der Waals surface area contributed by atoms with Crippen molar-refractivity contribution < 1.29 is 13.5 Å². The molecule has 116 valence electrons. The average Bonchev–Trinajstić information content (AvgIpc) is 2.43. The molecule has 20 heavy (non-hydrogen) atoms. The Morgan fingerprint density at radius 2 is 1.90 bits per heavy atom. The number of ether oxygens (including phenoxy) is 1. The summed E-state index contributed by atoms with van der Waals surface area (Å²) in [6, 6.07) is 1.95. The molecule has 0 radical (unpaired) electrons. The number of nitrogen functional groups attached to an aromatic ring is 1. The van der Waals surface area contributed by atoms with Crippen molar-refractivity contribution in [3.05, 3.63) is 30.0 Å². The summed E-state index contributed by atoms with van der Waals surface area (Å²) in [5.41, 5.74) is 6.79. The minimum absolute atomic E-state index is 0.580. The maximum atomic E-state index is 10.6. The van der Waals surface area contributed by atoms with Gasteiger partial charge in [0, 0.05) is 0 Å². The van der Waals surface area contributed by atoms with Crippen LogP contribution in [-0.4, -0.2) is 12.1 Å². The van der Waals surface area contributed by atoms with Crippen LogP contribution >= 0.6 is 0 Å². The molecule has 5 heteroatoms. The lowest BCUT2D eigenvalue weighted by Gasteiger charge is -2.08. The zero-order valence-corrected chi connectivity index (χ0v) is 13.2. The lowest BCUT2D eigenvalue weighted by molar-refractivity contribution is 0.412. The minimum Gasteiger partial charge on any atom is -0.495 e. The molecule has 0 saturated heterocycles. The predicted molar refractivity (Wildman–Crippen MR) is 81.1 cm³/mol. The van der Waals surface area contributed by atoms with E-state index in [1.54, 1.807) is 13.3 Å². The minimum atomic E-state index is -1.62. The molecule has 0 spiro atoms. The first-order valence-corrected chi connectivity index (χ1v) is 6.66. The fraction of sp³-hybridized carbons (Fsp3) is 0.533. The van der Waals surface area contributed by atoms with E-state index in [0.29, 0.717) is 11.7 Å². The molecule has 2 N–H and O–H groups in total. The molecule has 0 unspecified atom stereocenters. The van der Waals surface area contributed by atoms with Crippen molar-refractivity contribution in [3.63, 3.8) is 0 Å². The Balaban J connectivity index is 0. The molecule has 0 fully saturated rings. The van der Waals surface area contributed by atoms with Crippen LogP contribution in [-0.2, 0) is 6.42 Å². The summed E-state index contributed by atoms with van der Waals surface area (Å²) in [7, 11) is 1.63. The van der Waals surface area contributed by atoms with Gasteiger partial charge in [-0.3, -0.25) is 0 Å². The third-order valence-electron chi connectivity index (χ3n) is 2.06. The third kappa shape index (κ3) is 10.3. The van der Waals surface area contributed by atoms with Crippen molar-refractivity contribution in [2.75, 3.05) is 12.8 Å². The van der Waals surface area contributed by atoms with E-state index in [4.69, 9.17) is 10.5 Å². The van der Waals surface area contributed by atoms with E-state index in [-0.39, 0.29) is 0 Å². The second kappa shape index (κ2) is 12.4. The van der Waals surface area contributed by atoms with E-state index in [1.165, 1.54) is 6.92 Å². The van der Waals surface area contributed by atoms with Gasteiger partial charge in [0.15, 0.2) is 0 Å². The highest BCUT2D eigenvalue weighted by molar-refractivity contribution is 5.43. The Morgan fingerprint density at radius 3 is 2.25 bits per heavy atom. The van der Waals surface area contributed by atoms with Crippen LogP contribution in [0, 0.1) is 5.92 Å². The number of methoxy groups -OCH3 is 1. The lowest BCUT2D eigenvalue weighted by Crippen LogP contribution is -2.02. The van der Waals surface area contributed by atoms with Crippen LogP contribution in [0.2, 0.25) is 0 Å². The monoisotopic (exact) mass is 288 g/mol. The quantitative estimate of drug-likeness (QED) is 0.878. The van der Waals surface area contributed by atoms with Crippen molar-refractivity contribution in [2.24, 2.45) is 5.92 Å². The Bertz CT molecular complexity index is 389. The van der Waals surface area contributed by atoms with Gasteiger partial charge in [-0.2, -0.15) is 8.78 Å². The number of hydrogen-bond donors (Lipinski definition) is 1. The van der Waals surface area contributed by atoms with E-state index in [2.05, 4.69) is 18.8 Å². The second-order valence-electron chi connectivity index (χ2n) is 4.10. The number of anilines is 1. The van der Waals surface area contributed by atoms with Crippen molar-refractivity contribution in [1.29, 1.82) is 0 Å². The van der Waals surface area contributed by atoms with E-state index in [0.717, 1.165) is 23.8 Å². The Morgan fingerprint density at radius 1 is 1.40 bits per heavy atom. The van der Waals surface area contributed by atoms with E-state index < -0.39 is 6.08 Å². The predicted octanol–water partition coefficient (Wildman–Crippen LogP) is 4.68. The van der Waals surface area contributed by atoms with Gasteiger partial charge >= 0.3 is 0 Å². The average molecular weight is 288 g/mol. The van der Waals surface area contributed by atoms with Gasteiger partial charge in [-0.25, -0.2) is 4.98 Å². The molecule has 0 aliphatic heterocycles. The first-order chi connectivity index (χ1) is 9.40. The number of halogens is 2. The Labute approximate surface area is 120 Å². The zero-order chi connectivity index (χ0) is 16.1. The van der Waals surface area contributed by atoms with Gasteiger partial charge in [0.2, 0.25) is 0 Å². The molecule has 0 bridgehead atoms. The molecular weight excluding hydrogens is 262 g/mol. The first kappa shape index (κ1) is 20.7. The first-order valence-electron chi connectivity index (χ1n) is 6.66. The van der Waals surface area contributed by atoms with Crippen molar-refractivity contribution in [2.45, 2.75) is 41.0 Å². The molecule has 0 amide bonds. The summed E-state index contributed by atoms with van der Waals surface area (Å²) >= 11 is 0. The number of aromatic nitrogens is 1. The highest BCUT2D eigenvalue weighted by Crippen LogP contribution is 2.19. The SMILES string of the molecule is CC.CC=C(F)F.COc1cnc(N)c(CC(C)C)c1. The highest BCUT2D eigenvalue weighted by Gasteiger charge is 2.04. The molecule has 0 aromatic carbocycles. The Hall–Kier alpha value is -1.65. The highest BCUT2D eigenvalue weighted by atomic mass is 19.3. The van der Waals surface area contributed by atoms with Crippen LogP contribution in [0.3, 0.4) is 0 Å². The zero-order valence-electron chi connectivity index (χ0n) is 13.2. The van der Waals surface area contributed by atoms with Crippen LogP contribution in [0.5, 0.6) is 5.75 Å². The van der Waals surface area contributed by atoms with Crippen LogP contribution in [0.4, 0.5) is 14.6 Å². The number of allylic oxidation sites excluding steroid dienone is 1. The number of nitrogens with zero attached hydrogens (tertiary/aromatic N) is 1. The summed E-state index contributed by atoms with van der Waals surface area (Å²) in [6.07, 6.45) is 1.71. The molecule has 1 heterocycles. The summed E-state index contributed by atoms with van der Waals surface area (Å²) in [6.45, 7) is 9.59. The van der Waals surface area contributed by atoms with Gasteiger partial charge in [0.05, 0.1) is 13.3 Å². The maximum absolute atomic E-state index is 10.6. The van der Waals surface area contributed by atoms with Crippen LogP contribution in [0.25, 0.3) is 0 Å². The third-order valence-corrected chi connectivity index (χ3v) is 2.06. The van der Waals surface area contributed by atoms with Crippen molar-refractivity contribution in [1.82, 2.24) is 4.98 Å². The molecule has 0 saturated carbocycles. The number of hydrogen-bond acceptors (Lipinski definition) is 3. The van der Waals surface area contributed by atoms with Gasteiger partial charge in [-0.15, -0.1) is 0 Å². The largest absolute Gasteiger partial charge is 0.495 e. The molecule has 0 aliphatic rings. The molecule has 3 nitrogen and oxygen atoms in total. The number of rotatable bonds is 3. The van der Waals surface area contributed by atoms with Gasteiger partial charge in [-0.1, -0.05) is 27.7 Å². The van der Waals surface area contributed by atoms with Gasteiger partial charge in [0.1, 0.15) is 11.6 Å². The molecular formula is C15H26F2N2O. The molecule has 1 rings (SSSR count). The summed E-state index contributed by atoms with van der Waals surface area (Å²) < 4.78 is 26.3. The Kier molecular flexibility index (Phi) is 12.8. The van der Waals surface area contributed by atoms with Crippen molar-refractivity contribution in [3.8, 4) is 5.75 Å². The fourth-order valence-corrected chi connectivity index (χ4v) is 1.21. The van der Waals surface area contributed by atoms with E-state index in [1.807, 2.05) is 19.9 Å². The standard InChI is InChI=1S/C10H16N2O.C3H4F2.C2H6/c1-7(2)4-8-5-9(13-3)6-12-10(8)11;1-2-3(4)5;1-2/h5-7H,4H2,1-3H3,(H2,11,12);2H,1H3;1-2H3. The van der Waals surface area contributed by atoms with E-state index >= 15 is 0 Å². The summed E-state index contributed by atoms with van der Waals surface area (Å²) in [4.78, 5) is 4.06. The van der Waals surface area contributed by atoms with Gasteiger partial charge < -0.3 is 10.5 Å². The molecule has 1 aromatic heterocycles. The van der Waals surface area contributed by atoms with Gasteiger partial charge in [-0.05, 0) is 37.0 Å². The molecule has 1 aromatic rings. The van der Waals surface area contributed by atoms with E-state index in [9.17, 15) is 8.78 Å². The molecule has 0 aliphatic carbocycles.